The van der Waals surface area contributed by atoms with Gasteiger partial charge in [-0.2, -0.15) is 5.26 Å². The lowest BCUT2D eigenvalue weighted by molar-refractivity contribution is -0.120. The molecular formula is C14H16FN3O. The third-order valence-electron chi connectivity index (χ3n) is 3.35. The van der Waals surface area contributed by atoms with Crippen LogP contribution in [0.1, 0.15) is 25.3 Å². The lowest BCUT2D eigenvalue weighted by Crippen LogP contribution is -2.40. The van der Waals surface area contributed by atoms with Gasteiger partial charge in [-0.25, -0.2) is 4.39 Å². The second-order valence-corrected chi connectivity index (χ2v) is 4.87. The molecular weight excluding hydrogens is 245 g/mol. The second-order valence-electron chi connectivity index (χ2n) is 4.87. The number of nitriles is 1. The predicted molar refractivity (Wildman–Crippen MR) is 69.9 cm³/mol. The van der Waals surface area contributed by atoms with Gasteiger partial charge in [-0.05, 0) is 44.5 Å². The van der Waals surface area contributed by atoms with E-state index in [1.807, 2.05) is 13.0 Å². The van der Waals surface area contributed by atoms with Crippen LogP contribution in [0.2, 0.25) is 0 Å². The number of anilines is 1. The van der Waals surface area contributed by atoms with Crippen LogP contribution in [0.25, 0.3) is 0 Å². The number of nitrogens with one attached hydrogen (secondary N) is 2. The molecule has 2 N–H and O–H groups in total. The lowest BCUT2D eigenvalue weighted by Gasteiger charge is -2.27. The van der Waals surface area contributed by atoms with Crippen molar-refractivity contribution in [3.8, 4) is 6.07 Å². The van der Waals surface area contributed by atoms with E-state index in [0.717, 1.165) is 25.5 Å². The second kappa shape index (κ2) is 5.81. The summed E-state index contributed by atoms with van der Waals surface area (Å²) in [6.07, 6.45) is 1.51. The van der Waals surface area contributed by atoms with E-state index >= 15 is 0 Å². The highest BCUT2D eigenvalue weighted by molar-refractivity contribution is 5.92. The molecule has 19 heavy (non-hydrogen) atoms. The number of carbonyl (C=O) groups is 1. The average Bonchev–Trinajstić information content (AvgIpc) is 2.41. The molecule has 0 spiro atoms. The minimum Gasteiger partial charge on any atom is -0.323 e. The summed E-state index contributed by atoms with van der Waals surface area (Å²) in [6.45, 7) is 2.83. The van der Waals surface area contributed by atoms with E-state index in [1.165, 1.54) is 12.1 Å². The lowest BCUT2D eigenvalue weighted by atomic mass is 9.92. The molecule has 2 atom stereocenters. The number of hydrogen-bond donors (Lipinski definition) is 2. The topological polar surface area (TPSA) is 64.9 Å². The maximum Gasteiger partial charge on any atom is 0.227 e. The molecule has 0 aliphatic carbocycles. The van der Waals surface area contributed by atoms with Crippen molar-refractivity contribution < 1.29 is 9.18 Å². The summed E-state index contributed by atoms with van der Waals surface area (Å²) >= 11 is 0. The molecule has 5 heteroatoms. The molecule has 1 aromatic carbocycles. The molecule has 0 radical (unpaired) electrons. The molecule has 1 aliphatic rings. The number of nitrogens with zero attached hydrogens (tertiary/aromatic N) is 1. The van der Waals surface area contributed by atoms with Crippen LogP contribution < -0.4 is 10.6 Å². The van der Waals surface area contributed by atoms with Crippen LogP contribution in [0.15, 0.2) is 18.2 Å². The predicted octanol–water partition coefficient (Wildman–Crippen LogP) is 2.02. The Kier molecular flexibility index (Phi) is 4.13. The van der Waals surface area contributed by atoms with Gasteiger partial charge < -0.3 is 10.6 Å². The smallest absolute Gasteiger partial charge is 0.227 e. The van der Waals surface area contributed by atoms with Crippen molar-refractivity contribution in [1.29, 1.82) is 5.26 Å². The molecule has 1 heterocycles. The summed E-state index contributed by atoms with van der Waals surface area (Å²) in [5.74, 6) is -0.822. The molecule has 0 bridgehead atoms. The van der Waals surface area contributed by atoms with E-state index in [1.54, 1.807) is 0 Å². The van der Waals surface area contributed by atoms with Crippen molar-refractivity contribution in [2.24, 2.45) is 5.92 Å². The largest absolute Gasteiger partial charge is 0.323 e. The zero-order valence-electron chi connectivity index (χ0n) is 10.7. The molecule has 0 aromatic heterocycles. The van der Waals surface area contributed by atoms with Crippen LogP contribution in [-0.4, -0.2) is 18.5 Å². The molecule has 100 valence electrons. The van der Waals surface area contributed by atoms with Gasteiger partial charge in [0.25, 0.3) is 0 Å². The fourth-order valence-corrected chi connectivity index (χ4v) is 2.29. The number of piperidine rings is 1. The van der Waals surface area contributed by atoms with Gasteiger partial charge in [0.15, 0.2) is 0 Å². The number of carbonyl (C=O) groups excluding carboxylic acids is 1. The van der Waals surface area contributed by atoms with Crippen molar-refractivity contribution in [1.82, 2.24) is 5.32 Å². The molecule has 1 aromatic rings. The Morgan fingerprint density at radius 2 is 2.37 bits per heavy atom. The van der Waals surface area contributed by atoms with Crippen molar-refractivity contribution in [2.75, 3.05) is 11.9 Å². The highest BCUT2D eigenvalue weighted by Gasteiger charge is 2.25. The fourth-order valence-electron chi connectivity index (χ4n) is 2.29. The maximum absolute atomic E-state index is 13.7. The van der Waals surface area contributed by atoms with Crippen molar-refractivity contribution in [3.63, 3.8) is 0 Å². The molecule has 1 fully saturated rings. The molecule has 1 saturated heterocycles. The summed E-state index contributed by atoms with van der Waals surface area (Å²) < 4.78 is 13.7. The zero-order valence-corrected chi connectivity index (χ0v) is 10.7. The van der Waals surface area contributed by atoms with Crippen molar-refractivity contribution >= 4 is 11.6 Å². The summed E-state index contributed by atoms with van der Waals surface area (Å²) in [5.41, 5.74) is 0.376. The Labute approximate surface area is 111 Å². The minimum atomic E-state index is -0.575. The minimum absolute atomic E-state index is 0.0914. The monoisotopic (exact) mass is 261 g/mol. The van der Waals surface area contributed by atoms with E-state index in [0.29, 0.717) is 6.04 Å². The van der Waals surface area contributed by atoms with E-state index in [4.69, 9.17) is 5.26 Å². The average molecular weight is 261 g/mol. The van der Waals surface area contributed by atoms with Gasteiger partial charge >= 0.3 is 0 Å². The first kappa shape index (κ1) is 13.5. The number of hydrogen-bond acceptors (Lipinski definition) is 3. The first-order chi connectivity index (χ1) is 9.10. The third-order valence-corrected chi connectivity index (χ3v) is 3.35. The molecule has 4 nitrogen and oxygen atoms in total. The number of halogens is 1. The Morgan fingerprint density at radius 1 is 1.58 bits per heavy atom. The van der Waals surface area contributed by atoms with E-state index < -0.39 is 5.82 Å². The first-order valence-electron chi connectivity index (χ1n) is 6.34. The highest BCUT2D eigenvalue weighted by atomic mass is 19.1. The Balaban J connectivity index is 2.04. The molecule has 1 aliphatic heterocycles. The summed E-state index contributed by atoms with van der Waals surface area (Å²) in [5, 5.41) is 14.5. The normalized spacial score (nSPS) is 22.6. The van der Waals surface area contributed by atoms with Crippen molar-refractivity contribution in [2.45, 2.75) is 25.8 Å². The number of amides is 1. The Hall–Kier alpha value is -1.93. The molecule has 2 rings (SSSR count). The third kappa shape index (κ3) is 3.30. The van der Waals surface area contributed by atoms with Gasteiger partial charge in [-0.15, -0.1) is 0 Å². The highest BCUT2D eigenvalue weighted by Crippen LogP contribution is 2.20. The van der Waals surface area contributed by atoms with Gasteiger partial charge in [0.2, 0.25) is 5.91 Å². The zero-order chi connectivity index (χ0) is 13.8. The standard InChI is InChI=1S/C14H16FN3O/c1-9-6-11(4-5-17-9)14(19)18-13-3-2-10(8-16)7-12(13)15/h2-3,7,9,11,17H,4-6H2,1H3,(H,18,19). The number of benzene rings is 1. The first-order valence-corrected chi connectivity index (χ1v) is 6.34. The van der Waals surface area contributed by atoms with Crippen LogP contribution in [0.4, 0.5) is 10.1 Å². The summed E-state index contributed by atoms with van der Waals surface area (Å²) in [4.78, 5) is 12.0. The molecule has 1 amide bonds. The van der Waals surface area contributed by atoms with E-state index in [2.05, 4.69) is 10.6 Å². The van der Waals surface area contributed by atoms with Crippen LogP contribution in [0.3, 0.4) is 0 Å². The SMILES string of the molecule is CC1CC(C(=O)Nc2ccc(C#N)cc2F)CCN1. The maximum atomic E-state index is 13.7. The number of rotatable bonds is 2. The van der Waals surface area contributed by atoms with Gasteiger partial charge in [0.1, 0.15) is 5.82 Å². The summed E-state index contributed by atoms with van der Waals surface area (Å²) in [6, 6.07) is 6.20. The Bertz CT molecular complexity index is 524. The van der Waals surface area contributed by atoms with Crippen molar-refractivity contribution in [3.05, 3.63) is 29.6 Å². The summed E-state index contributed by atoms with van der Waals surface area (Å²) in [7, 11) is 0. The van der Waals surface area contributed by atoms with Crippen LogP contribution in [0.5, 0.6) is 0 Å². The molecule has 0 saturated carbocycles. The Morgan fingerprint density at radius 3 is 3.00 bits per heavy atom. The quantitative estimate of drug-likeness (QED) is 0.856. The van der Waals surface area contributed by atoms with Gasteiger partial charge in [0, 0.05) is 12.0 Å². The van der Waals surface area contributed by atoms with E-state index in [-0.39, 0.29) is 23.1 Å². The van der Waals surface area contributed by atoms with Gasteiger partial charge in [-0.3, -0.25) is 4.79 Å². The molecule has 2 unspecified atom stereocenters. The van der Waals surface area contributed by atoms with Gasteiger partial charge in [0.05, 0.1) is 17.3 Å². The fraction of sp³-hybridized carbons (Fsp3) is 0.429. The van der Waals surface area contributed by atoms with Crippen LogP contribution in [0, 0.1) is 23.1 Å². The van der Waals surface area contributed by atoms with E-state index in [9.17, 15) is 9.18 Å². The van der Waals surface area contributed by atoms with Crippen LogP contribution >= 0.6 is 0 Å². The van der Waals surface area contributed by atoms with Gasteiger partial charge in [-0.1, -0.05) is 0 Å². The van der Waals surface area contributed by atoms with Crippen LogP contribution in [-0.2, 0) is 4.79 Å².